The van der Waals surface area contributed by atoms with Crippen LogP contribution in [-0.2, 0) is 14.8 Å². The molecule has 112 valence electrons. The lowest BCUT2D eigenvalue weighted by atomic mass is 10.1. The van der Waals surface area contributed by atoms with Crippen molar-refractivity contribution in [3.63, 3.8) is 0 Å². The van der Waals surface area contributed by atoms with E-state index in [2.05, 4.69) is 0 Å². The number of primary sulfonamides is 1. The zero-order valence-electron chi connectivity index (χ0n) is 11.0. The van der Waals surface area contributed by atoms with Crippen LogP contribution in [0.2, 0.25) is 5.02 Å². The SMILES string of the molecule is CC(C)CCOC(=O)c1cc(Cl)cc(S(N)(=O)=O)c1F. The molecule has 1 aromatic rings. The van der Waals surface area contributed by atoms with Gasteiger partial charge in [0.15, 0.2) is 5.82 Å². The van der Waals surface area contributed by atoms with Crippen molar-refractivity contribution in [1.29, 1.82) is 0 Å². The molecule has 0 aliphatic carbocycles. The fourth-order valence-corrected chi connectivity index (χ4v) is 2.32. The van der Waals surface area contributed by atoms with Gasteiger partial charge in [-0.25, -0.2) is 22.7 Å². The van der Waals surface area contributed by atoms with Crippen LogP contribution in [0.5, 0.6) is 0 Å². The lowest BCUT2D eigenvalue weighted by molar-refractivity contribution is 0.0482. The van der Waals surface area contributed by atoms with Crippen molar-refractivity contribution in [2.75, 3.05) is 6.61 Å². The molecule has 0 spiro atoms. The summed E-state index contributed by atoms with van der Waals surface area (Å²) in [6.07, 6.45) is 0.607. The second kappa shape index (κ2) is 6.51. The summed E-state index contributed by atoms with van der Waals surface area (Å²) in [5, 5.41) is 4.74. The lowest BCUT2D eigenvalue weighted by Crippen LogP contribution is -2.17. The summed E-state index contributed by atoms with van der Waals surface area (Å²) in [6.45, 7) is 3.98. The molecule has 0 atom stereocenters. The molecule has 0 heterocycles. The molecule has 0 aliphatic rings. The zero-order chi connectivity index (χ0) is 15.5. The summed E-state index contributed by atoms with van der Waals surface area (Å²) < 4.78 is 41.3. The Morgan fingerprint density at radius 3 is 2.55 bits per heavy atom. The predicted octanol–water partition coefficient (Wildman–Crippen LogP) is 2.33. The number of hydrogen-bond donors (Lipinski definition) is 1. The first-order valence-electron chi connectivity index (χ1n) is 5.82. The second-order valence-electron chi connectivity index (χ2n) is 4.63. The zero-order valence-corrected chi connectivity index (χ0v) is 12.6. The number of rotatable bonds is 5. The number of carbonyl (C=O) groups excluding carboxylic acids is 1. The maximum absolute atomic E-state index is 14.0. The number of ether oxygens (including phenoxy) is 1. The van der Waals surface area contributed by atoms with Gasteiger partial charge in [-0.2, -0.15) is 0 Å². The average Bonchev–Trinajstić information content (AvgIpc) is 2.29. The van der Waals surface area contributed by atoms with E-state index >= 15 is 0 Å². The van der Waals surface area contributed by atoms with E-state index in [1.165, 1.54) is 0 Å². The van der Waals surface area contributed by atoms with Crippen molar-refractivity contribution < 1.29 is 22.3 Å². The number of esters is 1. The largest absolute Gasteiger partial charge is 0.462 e. The first-order chi connectivity index (χ1) is 9.12. The van der Waals surface area contributed by atoms with Gasteiger partial charge in [-0.3, -0.25) is 0 Å². The smallest absolute Gasteiger partial charge is 0.341 e. The van der Waals surface area contributed by atoms with E-state index < -0.39 is 32.3 Å². The minimum Gasteiger partial charge on any atom is -0.462 e. The van der Waals surface area contributed by atoms with Gasteiger partial charge >= 0.3 is 5.97 Å². The molecule has 0 bridgehead atoms. The Balaban J connectivity index is 3.07. The van der Waals surface area contributed by atoms with E-state index in [1.54, 1.807) is 0 Å². The Morgan fingerprint density at radius 2 is 2.05 bits per heavy atom. The second-order valence-corrected chi connectivity index (χ2v) is 6.60. The highest BCUT2D eigenvalue weighted by atomic mass is 35.5. The Kier molecular flexibility index (Phi) is 5.50. The van der Waals surface area contributed by atoms with E-state index in [4.69, 9.17) is 21.5 Å². The van der Waals surface area contributed by atoms with Gasteiger partial charge < -0.3 is 4.74 Å². The minimum atomic E-state index is -4.31. The monoisotopic (exact) mass is 323 g/mol. The van der Waals surface area contributed by atoms with Crippen LogP contribution in [0.1, 0.15) is 30.6 Å². The molecule has 0 aromatic heterocycles. The van der Waals surface area contributed by atoms with Crippen LogP contribution >= 0.6 is 11.6 Å². The Labute approximate surface area is 121 Å². The van der Waals surface area contributed by atoms with Crippen LogP contribution in [-0.4, -0.2) is 21.0 Å². The van der Waals surface area contributed by atoms with Crippen LogP contribution in [0.25, 0.3) is 0 Å². The predicted molar refractivity (Wildman–Crippen MR) is 72.5 cm³/mol. The Morgan fingerprint density at radius 1 is 1.45 bits per heavy atom. The third-order valence-electron chi connectivity index (χ3n) is 2.46. The van der Waals surface area contributed by atoms with Gasteiger partial charge in [0.05, 0.1) is 12.2 Å². The highest BCUT2D eigenvalue weighted by Gasteiger charge is 2.23. The van der Waals surface area contributed by atoms with Gasteiger partial charge in [-0.15, -0.1) is 0 Å². The fourth-order valence-electron chi connectivity index (χ4n) is 1.38. The summed E-state index contributed by atoms with van der Waals surface area (Å²) in [7, 11) is -4.31. The molecule has 0 unspecified atom stereocenters. The molecule has 1 aromatic carbocycles. The summed E-state index contributed by atoms with van der Waals surface area (Å²) in [6, 6.07) is 1.85. The summed E-state index contributed by atoms with van der Waals surface area (Å²) in [5.41, 5.74) is -0.551. The molecular weight excluding hydrogens is 309 g/mol. The fraction of sp³-hybridized carbons (Fsp3) is 0.417. The van der Waals surface area contributed by atoms with Crippen molar-refractivity contribution in [3.8, 4) is 0 Å². The quantitative estimate of drug-likeness (QED) is 0.842. The van der Waals surface area contributed by atoms with Crippen molar-refractivity contribution in [1.82, 2.24) is 0 Å². The van der Waals surface area contributed by atoms with Gasteiger partial charge in [0.25, 0.3) is 0 Å². The maximum atomic E-state index is 14.0. The molecular formula is C12H15ClFNO4S. The molecule has 1 rings (SSSR count). The maximum Gasteiger partial charge on any atom is 0.341 e. The molecule has 20 heavy (non-hydrogen) atoms. The van der Waals surface area contributed by atoms with Crippen molar-refractivity contribution in [2.45, 2.75) is 25.2 Å². The van der Waals surface area contributed by atoms with Gasteiger partial charge in [0.1, 0.15) is 4.90 Å². The normalized spacial score (nSPS) is 11.7. The number of benzene rings is 1. The number of halogens is 2. The van der Waals surface area contributed by atoms with Gasteiger partial charge in [0.2, 0.25) is 10.0 Å². The van der Waals surface area contributed by atoms with Gasteiger partial charge in [-0.1, -0.05) is 25.4 Å². The van der Waals surface area contributed by atoms with Crippen molar-refractivity contribution >= 4 is 27.6 Å². The molecule has 0 amide bonds. The molecule has 0 fully saturated rings. The van der Waals surface area contributed by atoms with Crippen molar-refractivity contribution in [3.05, 3.63) is 28.5 Å². The standard InChI is InChI=1S/C12H15ClFNO4S/c1-7(2)3-4-19-12(16)9-5-8(13)6-10(11(9)14)20(15,17)18/h5-7H,3-4H2,1-2H3,(H2,15,17,18). The van der Waals surface area contributed by atoms with Gasteiger partial charge in [-0.05, 0) is 24.5 Å². The first kappa shape index (κ1) is 16.9. The number of sulfonamides is 1. The van der Waals surface area contributed by atoms with E-state index in [9.17, 15) is 17.6 Å². The Bertz CT molecular complexity index is 616. The van der Waals surface area contributed by atoms with Crippen molar-refractivity contribution in [2.24, 2.45) is 11.1 Å². The number of carbonyl (C=O) groups is 1. The third-order valence-corrected chi connectivity index (χ3v) is 3.59. The lowest BCUT2D eigenvalue weighted by Gasteiger charge is -2.09. The minimum absolute atomic E-state index is 0.104. The van der Waals surface area contributed by atoms with Crippen LogP contribution < -0.4 is 5.14 Å². The van der Waals surface area contributed by atoms with Crippen LogP contribution in [0, 0.1) is 11.7 Å². The summed E-state index contributed by atoms with van der Waals surface area (Å²) >= 11 is 5.66. The van der Waals surface area contributed by atoms with Crippen LogP contribution in [0.15, 0.2) is 17.0 Å². The number of nitrogens with two attached hydrogens (primary N) is 1. The highest BCUT2D eigenvalue weighted by Crippen LogP contribution is 2.23. The third kappa shape index (κ3) is 4.43. The molecule has 8 heteroatoms. The van der Waals surface area contributed by atoms with Crippen LogP contribution in [0.3, 0.4) is 0 Å². The highest BCUT2D eigenvalue weighted by molar-refractivity contribution is 7.89. The molecule has 0 aliphatic heterocycles. The molecule has 0 saturated carbocycles. The summed E-state index contributed by atoms with van der Waals surface area (Å²) in [4.78, 5) is 10.9. The molecule has 2 N–H and O–H groups in total. The van der Waals surface area contributed by atoms with E-state index in [-0.39, 0.29) is 11.6 Å². The summed E-state index contributed by atoms with van der Waals surface area (Å²) in [5.74, 6) is -1.92. The van der Waals surface area contributed by atoms with E-state index in [0.717, 1.165) is 12.1 Å². The molecule has 0 radical (unpaired) electrons. The molecule has 5 nitrogen and oxygen atoms in total. The average molecular weight is 324 g/mol. The number of hydrogen-bond acceptors (Lipinski definition) is 4. The first-order valence-corrected chi connectivity index (χ1v) is 7.74. The van der Waals surface area contributed by atoms with E-state index in [1.807, 2.05) is 13.8 Å². The van der Waals surface area contributed by atoms with E-state index in [0.29, 0.717) is 12.3 Å². The topological polar surface area (TPSA) is 86.5 Å². The molecule has 0 saturated heterocycles. The van der Waals surface area contributed by atoms with Crippen LogP contribution in [0.4, 0.5) is 4.39 Å². The Hall–Kier alpha value is -1.18. The van der Waals surface area contributed by atoms with Gasteiger partial charge in [0, 0.05) is 5.02 Å².